The van der Waals surface area contributed by atoms with Crippen LogP contribution in [0.5, 0.6) is 0 Å². The molecule has 2 aliphatic rings. The van der Waals surface area contributed by atoms with Crippen molar-refractivity contribution in [3.8, 4) is 33.4 Å². The van der Waals surface area contributed by atoms with E-state index in [2.05, 4.69) is 133 Å². The van der Waals surface area contributed by atoms with E-state index >= 15 is 0 Å². The summed E-state index contributed by atoms with van der Waals surface area (Å²) in [7, 11) is -0.335. The summed E-state index contributed by atoms with van der Waals surface area (Å²) in [5.41, 5.74) is 10.9. The van der Waals surface area contributed by atoms with Crippen molar-refractivity contribution in [2.45, 2.75) is 58.2 Å². The molecule has 0 saturated carbocycles. The molecule has 1 fully saturated rings. The van der Waals surface area contributed by atoms with Gasteiger partial charge >= 0.3 is 7.12 Å². The second-order valence-electron chi connectivity index (χ2n) is 11.7. The van der Waals surface area contributed by atoms with Gasteiger partial charge in [0, 0.05) is 5.41 Å². The lowest BCUT2D eigenvalue weighted by Crippen LogP contribution is -2.41. The Morgan fingerprint density at radius 2 is 1.00 bits per heavy atom. The van der Waals surface area contributed by atoms with E-state index in [9.17, 15) is 0 Å². The first-order valence-corrected chi connectivity index (χ1v) is 12.9. The van der Waals surface area contributed by atoms with Crippen LogP contribution in [-0.2, 0) is 14.7 Å². The van der Waals surface area contributed by atoms with Crippen molar-refractivity contribution in [2.24, 2.45) is 0 Å². The lowest BCUT2D eigenvalue weighted by molar-refractivity contribution is 0.00578. The summed E-state index contributed by atoms with van der Waals surface area (Å²) in [5.74, 6) is 0. The maximum atomic E-state index is 6.21. The molecular weight excluding hydrogens is 439 g/mol. The van der Waals surface area contributed by atoms with E-state index in [4.69, 9.17) is 9.31 Å². The van der Waals surface area contributed by atoms with Crippen LogP contribution in [0.25, 0.3) is 33.4 Å². The van der Waals surface area contributed by atoms with Crippen molar-refractivity contribution >= 4 is 12.6 Å². The van der Waals surface area contributed by atoms with E-state index in [0.29, 0.717) is 0 Å². The number of hydrogen-bond donors (Lipinski definition) is 0. The minimum Gasteiger partial charge on any atom is -0.399 e. The summed E-state index contributed by atoms with van der Waals surface area (Å²) in [6, 6.07) is 33.1. The van der Waals surface area contributed by atoms with Gasteiger partial charge < -0.3 is 9.31 Å². The highest BCUT2D eigenvalue weighted by atomic mass is 16.7. The molecule has 0 radical (unpaired) electrons. The summed E-state index contributed by atoms with van der Waals surface area (Å²) in [6.07, 6.45) is 0. The van der Waals surface area contributed by atoms with Crippen molar-refractivity contribution in [3.05, 3.63) is 102 Å². The van der Waals surface area contributed by atoms with Gasteiger partial charge in [0.15, 0.2) is 0 Å². The number of rotatable bonds is 3. The van der Waals surface area contributed by atoms with Crippen LogP contribution >= 0.6 is 0 Å². The van der Waals surface area contributed by atoms with Gasteiger partial charge in [-0.2, -0.15) is 0 Å². The van der Waals surface area contributed by atoms with E-state index in [-0.39, 0.29) is 23.7 Å². The minimum absolute atomic E-state index is 0.0147. The predicted octanol–water partition coefficient (Wildman–Crippen LogP) is 7.63. The van der Waals surface area contributed by atoms with Gasteiger partial charge in [0.05, 0.1) is 11.2 Å². The molecule has 0 atom stereocenters. The van der Waals surface area contributed by atoms with Crippen LogP contribution < -0.4 is 5.46 Å². The first-order valence-electron chi connectivity index (χ1n) is 12.9. The summed E-state index contributed by atoms with van der Waals surface area (Å²) in [6.45, 7) is 13.0. The Hall–Kier alpha value is -3.14. The fourth-order valence-corrected chi connectivity index (χ4v) is 5.65. The molecule has 4 aromatic carbocycles. The van der Waals surface area contributed by atoms with E-state index in [1.54, 1.807) is 0 Å². The molecule has 1 aliphatic heterocycles. The smallest absolute Gasteiger partial charge is 0.399 e. The van der Waals surface area contributed by atoms with Crippen LogP contribution in [0.1, 0.15) is 52.7 Å². The monoisotopic (exact) mass is 472 g/mol. The van der Waals surface area contributed by atoms with Crippen molar-refractivity contribution in [3.63, 3.8) is 0 Å². The van der Waals surface area contributed by atoms with Gasteiger partial charge in [-0.1, -0.05) is 105 Å². The number of hydrogen-bond acceptors (Lipinski definition) is 2. The third-order valence-electron chi connectivity index (χ3n) is 8.57. The van der Waals surface area contributed by atoms with Crippen molar-refractivity contribution in [1.82, 2.24) is 0 Å². The molecular formula is C33H33BO2. The number of fused-ring (bicyclic) bond motifs is 3. The topological polar surface area (TPSA) is 18.5 Å². The molecule has 180 valence electrons. The highest BCUT2D eigenvalue weighted by Gasteiger charge is 2.51. The normalized spacial score (nSPS) is 18.7. The van der Waals surface area contributed by atoms with E-state index in [1.165, 1.54) is 44.5 Å². The molecule has 3 heteroatoms. The molecule has 1 heterocycles. The predicted molar refractivity (Wildman–Crippen MR) is 151 cm³/mol. The Morgan fingerprint density at radius 3 is 1.64 bits per heavy atom. The highest BCUT2D eigenvalue weighted by molar-refractivity contribution is 6.62. The minimum atomic E-state index is -0.335. The van der Waals surface area contributed by atoms with Gasteiger partial charge in [0.2, 0.25) is 0 Å². The SMILES string of the molecule is CC1(C)c2ccccc2-c2c(-c3ccc(-c4ccc(B5OC(C)(C)C(C)(C)O5)cc4)cc3)cccc21. The lowest BCUT2D eigenvalue weighted by atomic mass is 9.78. The van der Waals surface area contributed by atoms with Crippen molar-refractivity contribution in [2.75, 3.05) is 0 Å². The first kappa shape index (κ1) is 23.3. The zero-order chi connectivity index (χ0) is 25.3. The Bertz CT molecular complexity index is 1430. The van der Waals surface area contributed by atoms with Gasteiger partial charge in [0.1, 0.15) is 0 Å². The van der Waals surface area contributed by atoms with E-state index in [1.807, 2.05) is 0 Å². The van der Waals surface area contributed by atoms with Crippen LogP contribution in [0.2, 0.25) is 0 Å². The molecule has 1 aliphatic carbocycles. The summed E-state index contributed by atoms with van der Waals surface area (Å²) >= 11 is 0. The second kappa shape index (κ2) is 7.93. The van der Waals surface area contributed by atoms with Crippen molar-refractivity contribution in [1.29, 1.82) is 0 Å². The Balaban J connectivity index is 1.30. The maximum absolute atomic E-state index is 6.21. The summed E-state index contributed by atoms with van der Waals surface area (Å²) < 4.78 is 12.4. The molecule has 6 rings (SSSR count). The second-order valence-corrected chi connectivity index (χ2v) is 11.7. The van der Waals surface area contributed by atoms with Gasteiger partial charge in [-0.05, 0) is 77.7 Å². The molecule has 36 heavy (non-hydrogen) atoms. The highest BCUT2D eigenvalue weighted by Crippen LogP contribution is 2.51. The van der Waals surface area contributed by atoms with E-state index < -0.39 is 0 Å². The standard InChI is InChI=1S/C33H33BO2/c1-31(2)28-12-8-7-10-27(28)30-26(11-9-13-29(30)31)24-16-14-22(15-17-24)23-18-20-25(21-19-23)34-35-32(3,4)33(5,6)36-34/h7-21H,1-6H3. The molecule has 0 aromatic heterocycles. The molecule has 0 spiro atoms. The van der Waals surface area contributed by atoms with Gasteiger partial charge in [-0.3, -0.25) is 0 Å². The fraction of sp³-hybridized carbons (Fsp3) is 0.273. The molecule has 0 amide bonds. The average molecular weight is 472 g/mol. The van der Waals surface area contributed by atoms with Gasteiger partial charge in [0.25, 0.3) is 0 Å². The molecule has 1 saturated heterocycles. The number of benzene rings is 4. The van der Waals surface area contributed by atoms with Crippen LogP contribution in [-0.4, -0.2) is 18.3 Å². The fourth-order valence-electron chi connectivity index (χ4n) is 5.65. The third-order valence-corrected chi connectivity index (χ3v) is 8.57. The summed E-state index contributed by atoms with van der Waals surface area (Å²) in [4.78, 5) is 0. The lowest BCUT2D eigenvalue weighted by Gasteiger charge is -2.32. The quantitative estimate of drug-likeness (QED) is 0.286. The zero-order valence-corrected chi connectivity index (χ0v) is 22.1. The third kappa shape index (κ3) is 3.49. The van der Waals surface area contributed by atoms with Crippen LogP contribution in [0, 0.1) is 0 Å². The Morgan fingerprint density at radius 1 is 0.500 bits per heavy atom. The molecule has 0 bridgehead atoms. The maximum Gasteiger partial charge on any atom is 0.494 e. The van der Waals surface area contributed by atoms with E-state index in [0.717, 1.165) is 5.46 Å². The Kier molecular flexibility index (Phi) is 5.13. The zero-order valence-electron chi connectivity index (χ0n) is 22.1. The molecule has 0 unspecified atom stereocenters. The average Bonchev–Trinajstić information content (AvgIpc) is 3.24. The van der Waals surface area contributed by atoms with Crippen LogP contribution in [0.4, 0.5) is 0 Å². The molecule has 4 aromatic rings. The summed E-state index contributed by atoms with van der Waals surface area (Å²) in [5, 5.41) is 0. The van der Waals surface area contributed by atoms with Gasteiger partial charge in [-0.25, -0.2) is 0 Å². The van der Waals surface area contributed by atoms with Crippen LogP contribution in [0.15, 0.2) is 91.0 Å². The van der Waals surface area contributed by atoms with Crippen molar-refractivity contribution < 1.29 is 9.31 Å². The van der Waals surface area contributed by atoms with Crippen LogP contribution in [0.3, 0.4) is 0 Å². The Labute approximate surface area is 215 Å². The molecule has 2 nitrogen and oxygen atoms in total. The van der Waals surface area contributed by atoms with Gasteiger partial charge in [-0.15, -0.1) is 0 Å². The first-order chi connectivity index (χ1) is 17.1. The molecule has 0 N–H and O–H groups in total. The largest absolute Gasteiger partial charge is 0.494 e.